The molecule has 2 aromatic rings. The van der Waals surface area contributed by atoms with Crippen LogP contribution in [0.2, 0.25) is 10.0 Å². The number of amides is 1. The highest BCUT2D eigenvalue weighted by Gasteiger charge is 2.50. The van der Waals surface area contributed by atoms with Gasteiger partial charge in [-0.15, -0.1) is 0 Å². The summed E-state index contributed by atoms with van der Waals surface area (Å²) < 4.78 is 60.7. The predicted octanol–water partition coefficient (Wildman–Crippen LogP) is 4.58. The van der Waals surface area contributed by atoms with Gasteiger partial charge in [-0.2, -0.15) is 5.26 Å². The first-order valence-electron chi connectivity index (χ1n) is 10.5. The maximum absolute atomic E-state index is 14.2. The van der Waals surface area contributed by atoms with Gasteiger partial charge < -0.3 is 10.1 Å². The van der Waals surface area contributed by atoms with E-state index in [1.54, 1.807) is 12.1 Å². The maximum Gasteiger partial charge on any atom is 0.227 e. The van der Waals surface area contributed by atoms with Gasteiger partial charge in [0, 0.05) is 10.6 Å². The van der Waals surface area contributed by atoms with Crippen LogP contribution < -0.4 is 5.32 Å². The molecule has 2 saturated carbocycles. The molecule has 2 aliphatic rings. The first-order valence-corrected chi connectivity index (χ1v) is 12.8. The Labute approximate surface area is 205 Å². The second kappa shape index (κ2) is 9.42. The Balaban J connectivity index is 1.59. The van der Waals surface area contributed by atoms with E-state index in [1.165, 1.54) is 12.1 Å². The average Bonchev–Trinajstić information content (AvgIpc) is 3.40. The number of hydrogen-bond acceptors (Lipinski definition) is 5. The lowest BCUT2D eigenvalue weighted by molar-refractivity contribution is -0.130. The highest BCUT2D eigenvalue weighted by atomic mass is 35.5. The Morgan fingerprint density at radius 3 is 2.41 bits per heavy atom. The summed E-state index contributed by atoms with van der Waals surface area (Å²) in [4.78, 5) is 12.9. The van der Waals surface area contributed by atoms with Gasteiger partial charge in [-0.3, -0.25) is 4.79 Å². The van der Waals surface area contributed by atoms with Crippen LogP contribution in [0.5, 0.6) is 0 Å². The largest absolute Gasteiger partial charge is 0.372 e. The van der Waals surface area contributed by atoms with E-state index in [4.69, 9.17) is 27.9 Å². The summed E-state index contributed by atoms with van der Waals surface area (Å²) in [6, 6.07) is 9.92. The van der Waals surface area contributed by atoms with E-state index in [2.05, 4.69) is 11.4 Å². The van der Waals surface area contributed by atoms with Crippen LogP contribution >= 0.6 is 23.2 Å². The number of sulfone groups is 1. The van der Waals surface area contributed by atoms with Crippen molar-refractivity contribution in [1.82, 2.24) is 5.32 Å². The van der Waals surface area contributed by atoms with Crippen LogP contribution in [0.15, 0.2) is 41.3 Å². The molecule has 0 aromatic heterocycles. The molecule has 2 aliphatic carbocycles. The molecule has 1 amide bonds. The van der Waals surface area contributed by atoms with Crippen molar-refractivity contribution in [3.63, 3.8) is 0 Å². The van der Waals surface area contributed by atoms with Gasteiger partial charge in [-0.05, 0) is 49.9 Å². The maximum atomic E-state index is 14.2. The lowest BCUT2D eigenvalue weighted by Gasteiger charge is -2.21. The zero-order chi connectivity index (χ0) is 24.7. The number of benzene rings is 2. The van der Waals surface area contributed by atoms with Crippen molar-refractivity contribution in [2.24, 2.45) is 5.92 Å². The summed E-state index contributed by atoms with van der Waals surface area (Å²) >= 11 is 11.8. The quantitative estimate of drug-likeness (QED) is 0.567. The summed E-state index contributed by atoms with van der Waals surface area (Å²) in [7, 11) is -3.93. The molecule has 0 heterocycles. The van der Waals surface area contributed by atoms with Gasteiger partial charge in [0.25, 0.3) is 0 Å². The molecule has 11 heteroatoms. The van der Waals surface area contributed by atoms with E-state index in [9.17, 15) is 27.3 Å². The van der Waals surface area contributed by atoms with Gasteiger partial charge in [0.05, 0.1) is 39.9 Å². The normalized spacial score (nSPS) is 23.3. The number of carbonyl (C=O) groups is 1. The molecule has 2 fully saturated rings. The van der Waals surface area contributed by atoms with Crippen LogP contribution in [0.1, 0.15) is 31.2 Å². The van der Waals surface area contributed by atoms with Crippen molar-refractivity contribution in [3.05, 3.63) is 63.6 Å². The SMILES string of the molecule is N#CC1(NC(=O)[C@H]2C[C@H](S(=O)(=O)c3ccccc3Cl)C[C@@H]2OCc2c(F)cc(Cl)cc2F)CC1. The average molecular weight is 529 g/mol. The van der Waals surface area contributed by atoms with Crippen LogP contribution in [0, 0.1) is 28.9 Å². The van der Waals surface area contributed by atoms with E-state index >= 15 is 0 Å². The first-order chi connectivity index (χ1) is 16.1. The van der Waals surface area contributed by atoms with E-state index in [0.29, 0.717) is 12.8 Å². The van der Waals surface area contributed by atoms with Crippen LogP contribution in [-0.4, -0.2) is 31.2 Å². The number of carbonyl (C=O) groups excluding carboxylic acids is 1. The third-order valence-corrected chi connectivity index (χ3v) is 9.15. The molecule has 34 heavy (non-hydrogen) atoms. The minimum atomic E-state index is -3.93. The molecule has 0 bridgehead atoms. The van der Waals surface area contributed by atoms with Gasteiger partial charge in [0.15, 0.2) is 9.84 Å². The molecule has 2 aromatic carbocycles. The lowest BCUT2D eigenvalue weighted by atomic mass is 10.0. The predicted molar refractivity (Wildman–Crippen MR) is 121 cm³/mol. The van der Waals surface area contributed by atoms with Gasteiger partial charge in [-0.1, -0.05) is 35.3 Å². The minimum Gasteiger partial charge on any atom is -0.372 e. The Bertz CT molecular complexity index is 1250. The molecule has 6 nitrogen and oxygen atoms in total. The highest BCUT2D eigenvalue weighted by Crippen LogP contribution is 2.40. The Hall–Kier alpha value is -2.25. The standard InChI is InChI=1S/C23H20Cl2F2N2O4S/c24-13-7-18(26)16(19(27)8-13)11-33-20-10-14(34(31,32)21-4-2-1-3-17(21)25)9-15(20)22(30)29-23(12-28)5-6-23/h1-4,7-8,14-15,20H,5-6,9-11H2,(H,29,30)/t14-,15-,20-/m0/s1. The molecule has 4 rings (SSSR count). The van der Waals surface area contributed by atoms with Crippen molar-refractivity contribution in [2.45, 2.75) is 54.1 Å². The fraction of sp³-hybridized carbons (Fsp3) is 0.391. The number of nitrogens with one attached hydrogen (secondary N) is 1. The van der Waals surface area contributed by atoms with Crippen LogP contribution in [0.3, 0.4) is 0 Å². The van der Waals surface area contributed by atoms with Crippen LogP contribution in [0.4, 0.5) is 8.78 Å². The molecule has 0 radical (unpaired) electrons. The zero-order valence-corrected chi connectivity index (χ0v) is 20.1. The highest BCUT2D eigenvalue weighted by molar-refractivity contribution is 7.92. The summed E-state index contributed by atoms with van der Waals surface area (Å²) in [6.45, 7) is -0.522. The third-order valence-electron chi connectivity index (χ3n) is 6.25. The topological polar surface area (TPSA) is 96.3 Å². The van der Waals surface area contributed by atoms with Gasteiger partial charge in [0.2, 0.25) is 5.91 Å². The number of rotatable bonds is 7. The second-order valence-electron chi connectivity index (χ2n) is 8.56. The summed E-state index contributed by atoms with van der Waals surface area (Å²) in [5, 5.41) is 10.9. The molecule has 0 spiro atoms. The van der Waals surface area contributed by atoms with Gasteiger partial charge in [-0.25, -0.2) is 17.2 Å². The minimum absolute atomic E-state index is 0.0552. The van der Waals surface area contributed by atoms with E-state index < -0.39 is 56.8 Å². The Kier molecular flexibility index (Phi) is 6.89. The summed E-state index contributed by atoms with van der Waals surface area (Å²) in [5.74, 6) is -3.29. The van der Waals surface area contributed by atoms with E-state index in [1.807, 2.05) is 0 Å². The Morgan fingerprint density at radius 2 is 1.82 bits per heavy atom. The van der Waals surface area contributed by atoms with Crippen molar-refractivity contribution < 1.29 is 26.7 Å². The van der Waals surface area contributed by atoms with E-state index in [0.717, 1.165) is 12.1 Å². The molecule has 180 valence electrons. The summed E-state index contributed by atoms with van der Waals surface area (Å²) in [6.07, 6.45) is -0.128. The van der Waals surface area contributed by atoms with E-state index in [-0.39, 0.29) is 33.3 Å². The number of nitrogens with zero attached hydrogens (tertiary/aromatic N) is 1. The molecule has 0 aliphatic heterocycles. The van der Waals surface area contributed by atoms with Crippen molar-refractivity contribution in [2.75, 3.05) is 0 Å². The molecule has 3 atom stereocenters. The van der Waals surface area contributed by atoms with Crippen molar-refractivity contribution in [1.29, 1.82) is 5.26 Å². The summed E-state index contributed by atoms with van der Waals surface area (Å²) in [5.41, 5.74) is -1.34. The molecular weight excluding hydrogens is 509 g/mol. The molecule has 0 saturated heterocycles. The zero-order valence-electron chi connectivity index (χ0n) is 17.7. The third kappa shape index (κ3) is 4.91. The molecular formula is C23H20Cl2F2N2O4S. The van der Waals surface area contributed by atoms with Crippen molar-refractivity contribution in [3.8, 4) is 6.07 Å². The lowest BCUT2D eigenvalue weighted by Crippen LogP contribution is -2.42. The Morgan fingerprint density at radius 1 is 1.18 bits per heavy atom. The smallest absolute Gasteiger partial charge is 0.227 e. The number of nitriles is 1. The second-order valence-corrected chi connectivity index (χ2v) is 11.6. The van der Waals surface area contributed by atoms with Crippen LogP contribution in [-0.2, 0) is 26.0 Å². The van der Waals surface area contributed by atoms with Crippen molar-refractivity contribution >= 4 is 38.9 Å². The number of halogens is 4. The molecule has 0 unspecified atom stereocenters. The number of hydrogen-bond donors (Lipinski definition) is 1. The monoisotopic (exact) mass is 528 g/mol. The fourth-order valence-electron chi connectivity index (χ4n) is 4.14. The van der Waals surface area contributed by atoms with Crippen LogP contribution in [0.25, 0.3) is 0 Å². The van der Waals surface area contributed by atoms with Gasteiger partial charge in [0.1, 0.15) is 17.2 Å². The number of ether oxygens (including phenoxy) is 1. The first kappa shape index (κ1) is 24.9. The van der Waals surface area contributed by atoms with Gasteiger partial charge >= 0.3 is 0 Å². The molecule has 1 N–H and O–H groups in total. The fourth-order valence-corrected chi connectivity index (χ4v) is 6.66.